The van der Waals surface area contributed by atoms with Crippen molar-refractivity contribution in [1.82, 2.24) is 4.90 Å². The van der Waals surface area contributed by atoms with Gasteiger partial charge in [-0.1, -0.05) is 11.6 Å². The first-order valence-corrected chi connectivity index (χ1v) is 10.8. The summed E-state index contributed by atoms with van der Waals surface area (Å²) >= 11 is 0. The third-order valence-electron chi connectivity index (χ3n) is 3.93. The Hall–Kier alpha value is -0.693. The van der Waals surface area contributed by atoms with Gasteiger partial charge in [0.25, 0.3) is 0 Å². The highest BCUT2D eigenvalue weighted by Gasteiger charge is 2.39. The summed E-state index contributed by atoms with van der Waals surface area (Å²) < 4.78 is 17.5. The van der Waals surface area contributed by atoms with Crippen molar-refractivity contribution in [1.29, 1.82) is 0 Å². The molecule has 5 nitrogen and oxygen atoms in total. The molecule has 23 heavy (non-hydrogen) atoms. The molecule has 0 aliphatic carbocycles. The summed E-state index contributed by atoms with van der Waals surface area (Å²) in [4.78, 5) is 14.3. The Morgan fingerprint density at radius 3 is 2.00 bits per heavy atom. The minimum atomic E-state index is -2.65. The van der Waals surface area contributed by atoms with Crippen LogP contribution in [-0.4, -0.2) is 52.5 Å². The van der Waals surface area contributed by atoms with E-state index in [1.807, 2.05) is 32.6 Å². The molecule has 1 rings (SSSR count). The largest absolute Gasteiger partial charge is 0.504 e. The molecular weight excluding hydrogens is 310 g/mol. The maximum atomic E-state index is 12.3. The molecule has 0 bridgehead atoms. The molecular formula is C17H33NO4Si. The molecule has 0 aromatic carbocycles. The zero-order chi connectivity index (χ0) is 17.1. The normalized spacial score (nSPS) is 16.7. The van der Waals surface area contributed by atoms with Crippen molar-refractivity contribution >= 4 is 14.7 Å². The summed E-state index contributed by atoms with van der Waals surface area (Å²) in [6.45, 7) is 11.4. The number of carbonyl (C=O) groups is 1. The Bertz CT molecular complexity index is 364. The third kappa shape index (κ3) is 7.16. The molecule has 1 saturated heterocycles. The van der Waals surface area contributed by atoms with Crippen LogP contribution in [0.5, 0.6) is 0 Å². The van der Waals surface area contributed by atoms with Crippen molar-refractivity contribution in [3.63, 3.8) is 0 Å². The topological polar surface area (TPSA) is 48.0 Å². The fraction of sp³-hybridized carbons (Fsp3) is 0.824. The molecule has 0 aromatic heterocycles. The van der Waals surface area contributed by atoms with Crippen LogP contribution in [0.15, 0.2) is 11.6 Å². The van der Waals surface area contributed by atoms with Gasteiger partial charge in [0, 0.05) is 45.4 Å². The second-order valence-corrected chi connectivity index (χ2v) is 8.50. The minimum Gasteiger partial charge on any atom is -0.374 e. The quantitative estimate of drug-likeness (QED) is 0.451. The molecule has 134 valence electrons. The van der Waals surface area contributed by atoms with Crippen LogP contribution in [-0.2, 0) is 18.1 Å². The minimum absolute atomic E-state index is 0.231. The number of hydrogen-bond donors (Lipinski definition) is 0. The summed E-state index contributed by atoms with van der Waals surface area (Å²) in [5.41, 5.74) is 1.07. The van der Waals surface area contributed by atoms with E-state index >= 15 is 0 Å². The maximum absolute atomic E-state index is 12.3. The van der Waals surface area contributed by atoms with Gasteiger partial charge in [0.05, 0.1) is 0 Å². The molecule has 0 spiro atoms. The molecule has 0 aromatic rings. The zero-order valence-corrected chi connectivity index (χ0v) is 16.2. The van der Waals surface area contributed by atoms with Gasteiger partial charge in [-0.2, -0.15) is 0 Å². The molecule has 1 aliphatic heterocycles. The predicted octanol–water partition coefficient (Wildman–Crippen LogP) is 3.38. The highest BCUT2D eigenvalue weighted by molar-refractivity contribution is 6.61. The molecule has 0 saturated carbocycles. The van der Waals surface area contributed by atoms with Crippen molar-refractivity contribution in [2.75, 3.05) is 32.9 Å². The van der Waals surface area contributed by atoms with Crippen molar-refractivity contribution < 1.29 is 18.1 Å². The maximum Gasteiger partial charge on any atom is 0.504 e. The van der Waals surface area contributed by atoms with Gasteiger partial charge in [0.15, 0.2) is 0 Å². The van der Waals surface area contributed by atoms with Crippen LogP contribution in [0.1, 0.15) is 53.4 Å². The lowest BCUT2D eigenvalue weighted by Crippen LogP contribution is -2.45. The highest BCUT2D eigenvalue weighted by atomic mass is 28.4. The summed E-state index contributed by atoms with van der Waals surface area (Å²) in [7, 11) is -2.65. The molecule has 1 amide bonds. The number of piperidine rings is 1. The summed E-state index contributed by atoms with van der Waals surface area (Å²) in [6.07, 6.45) is 6.04. The highest BCUT2D eigenvalue weighted by Crippen LogP contribution is 2.19. The Morgan fingerprint density at radius 2 is 1.52 bits per heavy atom. The number of nitrogens with zero attached hydrogens (tertiary/aromatic N) is 1. The van der Waals surface area contributed by atoms with E-state index in [0.29, 0.717) is 32.3 Å². The Kier molecular flexibility index (Phi) is 9.70. The van der Waals surface area contributed by atoms with E-state index in [1.54, 1.807) is 0 Å². The van der Waals surface area contributed by atoms with E-state index in [-0.39, 0.29) is 5.91 Å². The fourth-order valence-corrected chi connectivity index (χ4v) is 5.35. The van der Waals surface area contributed by atoms with Crippen LogP contribution in [0.3, 0.4) is 0 Å². The first-order valence-electron chi connectivity index (χ1n) is 8.92. The first kappa shape index (κ1) is 20.4. The van der Waals surface area contributed by atoms with Crippen LogP contribution in [0, 0.1) is 0 Å². The molecule has 0 atom stereocenters. The number of hydrogen-bond acceptors (Lipinski definition) is 4. The number of carbonyl (C=O) groups excluding carboxylic acids is 1. The molecule has 1 aliphatic rings. The van der Waals surface area contributed by atoms with E-state index < -0.39 is 8.80 Å². The lowest BCUT2D eigenvalue weighted by atomic mass is 10.1. The van der Waals surface area contributed by atoms with Gasteiger partial charge in [-0.3, -0.25) is 4.79 Å². The van der Waals surface area contributed by atoms with Gasteiger partial charge in [-0.05, 0) is 47.0 Å². The standard InChI is InChI=1S/C17H33NO4Si/c1-5-20-23(21-6-2,22-7-3)14-11-16(4)15-17(19)18-12-9-8-10-13-18/h11H,5-10,12-15H2,1-4H3/b16-11+. The number of allylic oxidation sites excluding steroid dienone is 1. The van der Waals surface area contributed by atoms with E-state index in [1.165, 1.54) is 6.42 Å². The van der Waals surface area contributed by atoms with Crippen LogP contribution in [0.25, 0.3) is 0 Å². The average Bonchev–Trinajstić information content (AvgIpc) is 2.54. The van der Waals surface area contributed by atoms with Crippen molar-refractivity contribution in [2.24, 2.45) is 0 Å². The molecule has 6 heteroatoms. The van der Waals surface area contributed by atoms with Gasteiger partial charge < -0.3 is 18.2 Å². The lowest BCUT2D eigenvalue weighted by Gasteiger charge is -2.28. The van der Waals surface area contributed by atoms with Gasteiger partial charge in [-0.15, -0.1) is 0 Å². The van der Waals surface area contributed by atoms with Gasteiger partial charge >= 0.3 is 8.80 Å². The van der Waals surface area contributed by atoms with Crippen LogP contribution in [0.4, 0.5) is 0 Å². The summed E-state index contributed by atoms with van der Waals surface area (Å²) in [6, 6.07) is 0.627. The monoisotopic (exact) mass is 343 g/mol. The second kappa shape index (κ2) is 11.0. The third-order valence-corrected chi connectivity index (χ3v) is 6.82. The molecule has 1 heterocycles. The number of rotatable bonds is 10. The van der Waals surface area contributed by atoms with Gasteiger partial charge in [0.2, 0.25) is 5.91 Å². The van der Waals surface area contributed by atoms with Crippen LogP contribution >= 0.6 is 0 Å². The Balaban J connectivity index is 2.60. The summed E-state index contributed by atoms with van der Waals surface area (Å²) in [5, 5.41) is 0. The fourth-order valence-electron chi connectivity index (χ4n) is 2.83. The molecule has 0 unspecified atom stereocenters. The predicted molar refractivity (Wildman–Crippen MR) is 94.2 cm³/mol. The van der Waals surface area contributed by atoms with Crippen LogP contribution in [0.2, 0.25) is 6.04 Å². The number of amides is 1. The average molecular weight is 344 g/mol. The molecule has 1 fully saturated rings. The van der Waals surface area contributed by atoms with Crippen LogP contribution < -0.4 is 0 Å². The smallest absolute Gasteiger partial charge is 0.374 e. The zero-order valence-electron chi connectivity index (χ0n) is 15.2. The lowest BCUT2D eigenvalue weighted by molar-refractivity contribution is -0.131. The first-order chi connectivity index (χ1) is 11.1. The number of likely N-dealkylation sites (tertiary alicyclic amines) is 1. The molecule has 0 radical (unpaired) electrons. The Labute approximate surface area is 142 Å². The molecule has 0 N–H and O–H groups in total. The summed E-state index contributed by atoms with van der Waals surface area (Å²) in [5.74, 6) is 0.231. The van der Waals surface area contributed by atoms with Crippen molar-refractivity contribution in [3.05, 3.63) is 11.6 Å². The van der Waals surface area contributed by atoms with E-state index in [0.717, 1.165) is 31.5 Å². The van der Waals surface area contributed by atoms with E-state index in [2.05, 4.69) is 6.08 Å². The van der Waals surface area contributed by atoms with E-state index in [4.69, 9.17) is 13.3 Å². The van der Waals surface area contributed by atoms with Gasteiger partial charge in [0.1, 0.15) is 0 Å². The second-order valence-electron chi connectivity index (χ2n) is 5.85. The Morgan fingerprint density at radius 1 is 1.00 bits per heavy atom. The van der Waals surface area contributed by atoms with Crippen molar-refractivity contribution in [2.45, 2.75) is 59.4 Å². The van der Waals surface area contributed by atoms with Gasteiger partial charge in [-0.25, -0.2) is 0 Å². The van der Waals surface area contributed by atoms with E-state index in [9.17, 15) is 4.79 Å². The van der Waals surface area contributed by atoms with Crippen molar-refractivity contribution in [3.8, 4) is 0 Å². The SMILES string of the molecule is CCO[Si](C/C=C(\C)CC(=O)N1CCCCC1)(OCC)OCC.